The van der Waals surface area contributed by atoms with Crippen molar-refractivity contribution < 1.29 is 9.47 Å². The average Bonchev–Trinajstić information content (AvgIpc) is 2.55. The molecule has 23 heavy (non-hydrogen) atoms. The molecular weight excluding hydrogens is 405 g/mol. The minimum absolute atomic E-state index is 0. The van der Waals surface area contributed by atoms with Crippen molar-refractivity contribution in [2.45, 2.75) is 20.0 Å². The normalized spacial score (nSPS) is 18.5. The van der Waals surface area contributed by atoms with Crippen LogP contribution in [0.2, 0.25) is 0 Å². The van der Waals surface area contributed by atoms with E-state index >= 15 is 0 Å². The molecule has 6 heteroatoms. The third-order valence-electron chi connectivity index (χ3n) is 3.79. The lowest BCUT2D eigenvalue weighted by atomic mass is 10.0. The molecule has 1 N–H and O–H groups in total. The van der Waals surface area contributed by atoms with E-state index in [1.54, 1.807) is 7.11 Å². The van der Waals surface area contributed by atoms with Crippen LogP contribution in [-0.2, 0) is 9.47 Å². The number of morpholine rings is 1. The molecular formula is C17H28IN3O2. The molecule has 1 unspecified atom stereocenters. The zero-order valence-electron chi connectivity index (χ0n) is 14.2. The Morgan fingerprint density at radius 3 is 2.91 bits per heavy atom. The molecule has 0 saturated carbocycles. The first kappa shape index (κ1) is 20.2. The zero-order chi connectivity index (χ0) is 15.8. The summed E-state index contributed by atoms with van der Waals surface area (Å²) in [6, 6.07) is 8.42. The molecule has 1 atom stereocenters. The number of benzene rings is 1. The molecule has 1 fully saturated rings. The summed E-state index contributed by atoms with van der Waals surface area (Å²) in [5, 5.41) is 3.36. The van der Waals surface area contributed by atoms with E-state index in [4.69, 9.17) is 9.47 Å². The predicted octanol–water partition coefficient (Wildman–Crippen LogP) is 2.60. The van der Waals surface area contributed by atoms with Crippen molar-refractivity contribution in [1.82, 2.24) is 10.2 Å². The number of methoxy groups -OCH3 is 1. The Hall–Kier alpha value is -0.860. The van der Waals surface area contributed by atoms with E-state index in [0.717, 1.165) is 25.6 Å². The number of guanidine groups is 1. The van der Waals surface area contributed by atoms with E-state index in [1.165, 1.54) is 11.1 Å². The van der Waals surface area contributed by atoms with Gasteiger partial charge in [0.25, 0.3) is 0 Å². The second-order valence-electron chi connectivity index (χ2n) is 5.39. The number of nitrogens with zero attached hydrogens (tertiary/aromatic N) is 2. The first-order chi connectivity index (χ1) is 10.8. The Labute approximate surface area is 156 Å². The second-order valence-corrected chi connectivity index (χ2v) is 5.39. The van der Waals surface area contributed by atoms with E-state index in [0.29, 0.717) is 19.8 Å². The van der Waals surface area contributed by atoms with Crippen molar-refractivity contribution in [3.8, 4) is 0 Å². The van der Waals surface area contributed by atoms with E-state index in [1.807, 2.05) is 0 Å². The van der Waals surface area contributed by atoms with Crippen LogP contribution in [0.15, 0.2) is 29.3 Å². The lowest BCUT2D eigenvalue weighted by molar-refractivity contribution is -0.00835. The fourth-order valence-electron chi connectivity index (χ4n) is 2.65. The van der Waals surface area contributed by atoms with Crippen LogP contribution in [-0.4, -0.2) is 57.4 Å². The summed E-state index contributed by atoms with van der Waals surface area (Å²) in [6.07, 6.45) is 0.0984. The second kappa shape index (κ2) is 10.8. The molecule has 0 aliphatic carbocycles. The smallest absolute Gasteiger partial charge is 0.194 e. The molecule has 0 amide bonds. The van der Waals surface area contributed by atoms with Crippen LogP contribution in [0, 0.1) is 6.92 Å². The van der Waals surface area contributed by atoms with Crippen LogP contribution in [0.5, 0.6) is 0 Å². The van der Waals surface area contributed by atoms with Crippen LogP contribution >= 0.6 is 24.0 Å². The molecule has 0 bridgehead atoms. The van der Waals surface area contributed by atoms with Crippen molar-refractivity contribution in [3.63, 3.8) is 0 Å². The number of hydrogen-bond donors (Lipinski definition) is 1. The minimum atomic E-state index is 0. The van der Waals surface area contributed by atoms with Crippen molar-refractivity contribution in [3.05, 3.63) is 35.4 Å². The number of ether oxygens (including phenoxy) is 2. The zero-order valence-corrected chi connectivity index (χ0v) is 16.6. The van der Waals surface area contributed by atoms with Crippen molar-refractivity contribution in [1.29, 1.82) is 0 Å². The molecule has 0 radical (unpaired) electrons. The number of aliphatic imine (C=N–C) groups is 1. The van der Waals surface area contributed by atoms with Gasteiger partial charge in [0.2, 0.25) is 0 Å². The van der Waals surface area contributed by atoms with Gasteiger partial charge in [-0.05, 0) is 25.0 Å². The van der Waals surface area contributed by atoms with Gasteiger partial charge in [-0.1, -0.05) is 24.3 Å². The van der Waals surface area contributed by atoms with Crippen LogP contribution in [0.3, 0.4) is 0 Å². The van der Waals surface area contributed by atoms with Gasteiger partial charge in [-0.25, -0.2) is 0 Å². The maximum Gasteiger partial charge on any atom is 0.194 e. The molecule has 1 aromatic carbocycles. The van der Waals surface area contributed by atoms with E-state index in [9.17, 15) is 0 Å². The van der Waals surface area contributed by atoms with Crippen molar-refractivity contribution in [2.75, 3.05) is 46.5 Å². The van der Waals surface area contributed by atoms with Gasteiger partial charge in [-0.15, -0.1) is 24.0 Å². The molecule has 1 saturated heterocycles. The number of halogens is 1. The number of hydrogen-bond acceptors (Lipinski definition) is 3. The number of nitrogens with one attached hydrogen (secondary N) is 1. The lowest BCUT2D eigenvalue weighted by Gasteiger charge is -2.35. The monoisotopic (exact) mass is 433 g/mol. The highest BCUT2D eigenvalue weighted by molar-refractivity contribution is 14.0. The first-order valence-corrected chi connectivity index (χ1v) is 7.95. The van der Waals surface area contributed by atoms with Crippen molar-refractivity contribution in [2.24, 2.45) is 4.99 Å². The molecule has 2 rings (SSSR count). The molecule has 1 aliphatic rings. The molecule has 1 heterocycles. The average molecular weight is 433 g/mol. The predicted molar refractivity (Wildman–Crippen MR) is 105 cm³/mol. The summed E-state index contributed by atoms with van der Waals surface area (Å²) in [4.78, 5) is 6.91. The summed E-state index contributed by atoms with van der Waals surface area (Å²) >= 11 is 0. The fourth-order valence-corrected chi connectivity index (χ4v) is 2.65. The van der Waals surface area contributed by atoms with Gasteiger partial charge in [0.05, 0.1) is 26.3 Å². The van der Waals surface area contributed by atoms with Crippen LogP contribution < -0.4 is 5.32 Å². The largest absolute Gasteiger partial charge is 0.383 e. The summed E-state index contributed by atoms with van der Waals surface area (Å²) in [5.74, 6) is 0.946. The summed E-state index contributed by atoms with van der Waals surface area (Å²) in [7, 11) is 1.70. The Kier molecular flexibility index (Phi) is 9.50. The Balaban J connectivity index is 0.00000264. The van der Waals surface area contributed by atoms with E-state index in [2.05, 4.69) is 53.3 Å². The highest BCUT2D eigenvalue weighted by atomic mass is 127. The van der Waals surface area contributed by atoms with Crippen molar-refractivity contribution >= 4 is 29.9 Å². The quantitative estimate of drug-likeness (QED) is 0.336. The Morgan fingerprint density at radius 2 is 2.22 bits per heavy atom. The highest BCUT2D eigenvalue weighted by Crippen LogP contribution is 2.24. The lowest BCUT2D eigenvalue weighted by Crippen LogP contribution is -2.48. The maximum absolute atomic E-state index is 5.98. The molecule has 0 spiro atoms. The molecule has 1 aliphatic heterocycles. The Morgan fingerprint density at radius 1 is 1.43 bits per heavy atom. The van der Waals surface area contributed by atoms with Crippen LogP contribution in [0.4, 0.5) is 0 Å². The third-order valence-corrected chi connectivity index (χ3v) is 3.79. The van der Waals surface area contributed by atoms with Gasteiger partial charge >= 0.3 is 0 Å². The minimum Gasteiger partial charge on any atom is -0.383 e. The summed E-state index contributed by atoms with van der Waals surface area (Å²) in [6.45, 7) is 8.79. The van der Waals surface area contributed by atoms with Gasteiger partial charge in [0.1, 0.15) is 6.10 Å². The molecule has 0 aromatic heterocycles. The number of aryl methyl sites for hydroxylation is 1. The van der Waals surface area contributed by atoms with Gasteiger partial charge in [-0.2, -0.15) is 0 Å². The van der Waals surface area contributed by atoms with Gasteiger partial charge in [0, 0.05) is 20.2 Å². The number of rotatable bonds is 5. The third kappa shape index (κ3) is 5.93. The van der Waals surface area contributed by atoms with E-state index in [-0.39, 0.29) is 30.1 Å². The maximum atomic E-state index is 5.98. The van der Waals surface area contributed by atoms with Crippen LogP contribution in [0.25, 0.3) is 0 Å². The summed E-state index contributed by atoms with van der Waals surface area (Å²) in [5.41, 5.74) is 2.54. The first-order valence-electron chi connectivity index (χ1n) is 7.95. The van der Waals surface area contributed by atoms with Gasteiger partial charge in [-0.3, -0.25) is 4.99 Å². The SMILES string of the molecule is CCNC(=NCCOC)N1CCOC(c2ccccc2C)C1.I. The molecule has 1 aromatic rings. The molecule has 5 nitrogen and oxygen atoms in total. The highest BCUT2D eigenvalue weighted by Gasteiger charge is 2.24. The van der Waals surface area contributed by atoms with Gasteiger partial charge < -0.3 is 19.7 Å². The Bertz CT molecular complexity index is 496. The fraction of sp³-hybridized carbons (Fsp3) is 0.588. The topological polar surface area (TPSA) is 46.1 Å². The van der Waals surface area contributed by atoms with E-state index < -0.39 is 0 Å². The van der Waals surface area contributed by atoms with Crippen LogP contribution in [0.1, 0.15) is 24.2 Å². The summed E-state index contributed by atoms with van der Waals surface area (Å²) < 4.78 is 11.1. The standard InChI is InChI=1S/C17H27N3O2.HI/c1-4-18-17(19-9-11-21-3)20-10-12-22-16(13-20)15-8-6-5-7-14(15)2;/h5-8,16H,4,9-13H2,1-3H3,(H,18,19);1H. The van der Waals surface area contributed by atoms with Gasteiger partial charge in [0.15, 0.2) is 5.96 Å². The molecule has 130 valence electrons.